The SMILES string of the molecule is CNC(=O)CCN(C)c1nccc(CN)c1Cl. The molecule has 1 heterocycles. The Bertz CT molecular complexity index is 397. The highest BCUT2D eigenvalue weighted by Gasteiger charge is 2.11. The number of hydrogen-bond donors (Lipinski definition) is 2. The van der Waals surface area contributed by atoms with Gasteiger partial charge in [0, 0.05) is 39.8 Å². The summed E-state index contributed by atoms with van der Waals surface area (Å²) in [5.74, 6) is 0.640. The van der Waals surface area contributed by atoms with Crippen molar-refractivity contribution in [2.45, 2.75) is 13.0 Å². The van der Waals surface area contributed by atoms with Gasteiger partial charge in [0.05, 0.1) is 5.02 Å². The highest BCUT2D eigenvalue weighted by atomic mass is 35.5. The van der Waals surface area contributed by atoms with E-state index in [2.05, 4.69) is 10.3 Å². The van der Waals surface area contributed by atoms with Crippen molar-refractivity contribution in [1.29, 1.82) is 0 Å². The Morgan fingerprint density at radius 2 is 2.35 bits per heavy atom. The molecule has 3 N–H and O–H groups in total. The molecule has 5 nitrogen and oxygen atoms in total. The second-order valence-corrected chi connectivity index (χ2v) is 4.03. The molecular weight excluding hydrogens is 240 g/mol. The Morgan fingerprint density at radius 3 is 2.94 bits per heavy atom. The monoisotopic (exact) mass is 256 g/mol. The summed E-state index contributed by atoms with van der Waals surface area (Å²) in [4.78, 5) is 17.2. The van der Waals surface area contributed by atoms with Gasteiger partial charge in [0.1, 0.15) is 5.82 Å². The van der Waals surface area contributed by atoms with Gasteiger partial charge < -0.3 is 16.0 Å². The summed E-state index contributed by atoms with van der Waals surface area (Å²) < 4.78 is 0. The van der Waals surface area contributed by atoms with Gasteiger partial charge in [0.2, 0.25) is 5.91 Å². The van der Waals surface area contributed by atoms with Gasteiger partial charge in [-0.25, -0.2) is 4.98 Å². The smallest absolute Gasteiger partial charge is 0.221 e. The molecule has 0 unspecified atom stereocenters. The molecule has 0 radical (unpaired) electrons. The fourth-order valence-electron chi connectivity index (χ4n) is 1.40. The fourth-order valence-corrected chi connectivity index (χ4v) is 1.73. The number of nitrogens with two attached hydrogens (primary N) is 1. The maximum absolute atomic E-state index is 11.1. The Hall–Kier alpha value is -1.33. The van der Waals surface area contributed by atoms with Crippen molar-refractivity contribution in [1.82, 2.24) is 10.3 Å². The molecule has 1 amide bonds. The van der Waals surface area contributed by atoms with Crippen LogP contribution < -0.4 is 16.0 Å². The van der Waals surface area contributed by atoms with Crippen LogP contribution in [-0.4, -0.2) is 31.5 Å². The number of nitrogens with one attached hydrogen (secondary N) is 1. The summed E-state index contributed by atoms with van der Waals surface area (Å²) in [6.45, 7) is 0.929. The van der Waals surface area contributed by atoms with Crippen molar-refractivity contribution >= 4 is 23.3 Å². The molecule has 0 aliphatic rings. The lowest BCUT2D eigenvalue weighted by atomic mass is 10.2. The van der Waals surface area contributed by atoms with Gasteiger partial charge in [-0.1, -0.05) is 11.6 Å². The summed E-state index contributed by atoms with van der Waals surface area (Å²) in [5, 5.41) is 3.12. The first-order valence-corrected chi connectivity index (χ1v) is 5.73. The topological polar surface area (TPSA) is 71.2 Å². The van der Waals surface area contributed by atoms with Crippen LogP contribution in [0.4, 0.5) is 5.82 Å². The number of carbonyl (C=O) groups is 1. The van der Waals surface area contributed by atoms with Crippen LogP contribution in [0.5, 0.6) is 0 Å². The van der Waals surface area contributed by atoms with Gasteiger partial charge in [-0.05, 0) is 11.6 Å². The molecule has 6 heteroatoms. The number of carbonyl (C=O) groups excluding carboxylic acids is 1. The highest BCUT2D eigenvalue weighted by molar-refractivity contribution is 6.33. The second kappa shape index (κ2) is 6.42. The molecule has 0 saturated heterocycles. The number of aromatic nitrogens is 1. The Morgan fingerprint density at radius 1 is 1.65 bits per heavy atom. The van der Waals surface area contributed by atoms with Crippen LogP contribution >= 0.6 is 11.6 Å². The quantitative estimate of drug-likeness (QED) is 0.816. The molecule has 0 bridgehead atoms. The minimum Gasteiger partial charge on any atom is -0.359 e. The van der Waals surface area contributed by atoms with Crippen molar-refractivity contribution in [3.8, 4) is 0 Å². The average molecular weight is 257 g/mol. The number of halogens is 1. The van der Waals surface area contributed by atoms with Crippen molar-refractivity contribution < 1.29 is 4.79 Å². The minimum absolute atomic E-state index is 0.0112. The van der Waals surface area contributed by atoms with Gasteiger partial charge in [-0.15, -0.1) is 0 Å². The summed E-state index contributed by atoms with van der Waals surface area (Å²) in [6.07, 6.45) is 2.07. The first kappa shape index (κ1) is 13.7. The number of rotatable bonds is 5. The maximum Gasteiger partial charge on any atom is 0.221 e. The molecule has 1 aromatic heterocycles. The Kier molecular flexibility index (Phi) is 5.18. The third-order valence-electron chi connectivity index (χ3n) is 2.49. The lowest BCUT2D eigenvalue weighted by Gasteiger charge is -2.19. The zero-order valence-corrected chi connectivity index (χ0v) is 10.8. The van der Waals surface area contributed by atoms with E-state index < -0.39 is 0 Å². The zero-order valence-electron chi connectivity index (χ0n) is 10.0. The normalized spacial score (nSPS) is 10.1. The summed E-state index contributed by atoms with van der Waals surface area (Å²) in [5.41, 5.74) is 6.42. The third-order valence-corrected chi connectivity index (χ3v) is 2.90. The van der Waals surface area contributed by atoms with Crippen LogP contribution in [0, 0.1) is 0 Å². The third kappa shape index (κ3) is 3.57. The first-order valence-electron chi connectivity index (χ1n) is 5.35. The first-order chi connectivity index (χ1) is 8.10. The average Bonchev–Trinajstić information content (AvgIpc) is 2.35. The van der Waals surface area contributed by atoms with Crippen LogP contribution in [0.3, 0.4) is 0 Å². The molecule has 1 aromatic rings. The van der Waals surface area contributed by atoms with E-state index in [0.29, 0.717) is 30.4 Å². The zero-order chi connectivity index (χ0) is 12.8. The van der Waals surface area contributed by atoms with Crippen molar-refractivity contribution in [2.75, 3.05) is 25.5 Å². The lowest BCUT2D eigenvalue weighted by molar-refractivity contribution is -0.120. The predicted molar refractivity (Wildman–Crippen MR) is 69.1 cm³/mol. The molecule has 1 rings (SSSR count). The molecule has 0 spiro atoms. The number of pyridine rings is 1. The number of anilines is 1. The number of amides is 1. The van der Waals surface area contributed by atoms with E-state index in [9.17, 15) is 4.79 Å². The molecule has 94 valence electrons. The summed E-state index contributed by atoms with van der Waals surface area (Å²) in [6, 6.07) is 1.79. The van der Waals surface area contributed by atoms with Gasteiger partial charge in [-0.3, -0.25) is 4.79 Å². The maximum atomic E-state index is 11.1. The van der Waals surface area contributed by atoms with E-state index in [0.717, 1.165) is 5.56 Å². The standard InChI is InChI=1S/C11H17ClN4O/c1-14-9(17)4-6-16(2)11-10(12)8(7-13)3-5-15-11/h3,5H,4,6-7,13H2,1-2H3,(H,14,17). The number of nitrogens with zero attached hydrogens (tertiary/aromatic N) is 2. The second-order valence-electron chi connectivity index (χ2n) is 3.66. The van der Waals surface area contributed by atoms with E-state index in [4.69, 9.17) is 17.3 Å². The van der Waals surface area contributed by atoms with Gasteiger partial charge in [0.15, 0.2) is 0 Å². The van der Waals surface area contributed by atoms with Crippen LogP contribution in [0.1, 0.15) is 12.0 Å². The fraction of sp³-hybridized carbons (Fsp3) is 0.455. The van der Waals surface area contributed by atoms with E-state index >= 15 is 0 Å². The van der Waals surface area contributed by atoms with E-state index in [1.807, 2.05) is 11.9 Å². The van der Waals surface area contributed by atoms with Crippen LogP contribution in [0.25, 0.3) is 0 Å². The van der Waals surface area contributed by atoms with Crippen molar-refractivity contribution in [3.63, 3.8) is 0 Å². The van der Waals surface area contributed by atoms with Crippen LogP contribution in [-0.2, 0) is 11.3 Å². The predicted octanol–water partition coefficient (Wildman–Crippen LogP) is 0.766. The van der Waals surface area contributed by atoms with E-state index in [1.54, 1.807) is 19.3 Å². The number of hydrogen-bond acceptors (Lipinski definition) is 4. The van der Waals surface area contributed by atoms with E-state index in [1.165, 1.54) is 0 Å². The lowest BCUT2D eigenvalue weighted by Crippen LogP contribution is -2.27. The molecule has 0 saturated carbocycles. The molecule has 0 aromatic carbocycles. The van der Waals surface area contributed by atoms with Gasteiger partial charge in [-0.2, -0.15) is 0 Å². The van der Waals surface area contributed by atoms with E-state index in [-0.39, 0.29) is 5.91 Å². The molecule has 0 atom stereocenters. The largest absolute Gasteiger partial charge is 0.359 e. The summed E-state index contributed by atoms with van der Waals surface area (Å²) >= 11 is 6.17. The molecule has 0 fully saturated rings. The van der Waals surface area contributed by atoms with Crippen molar-refractivity contribution in [2.24, 2.45) is 5.73 Å². The van der Waals surface area contributed by atoms with Gasteiger partial charge in [0.25, 0.3) is 0 Å². The van der Waals surface area contributed by atoms with Crippen molar-refractivity contribution in [3.05, 3.63) is 22.8 Å². The summed E-state index contributed by atoms with van der Waals surface area (Å²) in [7, 11) is 3.46. The highest BCUT2D eigenvalue weighted by Crippen LogP contribution is 2.25. The molecular formula is C11H17ClN4O. The molecule has 17 heavy (non-hydrogen) atoms. The Balaban J connectivity index is 2.75. The minimum atomic E-state index is -0.0112. The molecule has 0 aliphatic carbocycles. The molecule has 0 aliphatic heterocycles. The van der Waals surface area contributed by atoms with Crippen LogP contribution in [0.15, 0.2) is 12.3 Å². The van der Waals surface area contributed by atoms with Crippen LogP contribution in [0.2, 0.25) is 5.02 Å². The Labute approximate surface area is 106 Å². The van der Waals surface area contributed by atoms with Gasteiger partial charge >= 0.3 is 0 Å².